The van der Waals surface area contributed by atoms with Crippen molar-refractivity contribution in [3.8, 4) is 5.75 Å². The molecule has 0 fully saturated rings. The van der Waals surface area contributed by atoms with Crippen LogP contribution in [0.1, 0.15) is 15.2 Å². The zero-order valence-corrected chi connectivity index (χ0v) is 10.2. The lowest BCUT2D eigenvalue weighted by molar-refractivity contribution is 0.0696. The first-order valence-electron chi connectivity index (χ1n) is 5.35. The molecule has 2 rings (SSSR count). The Bertz CT molecular complexity index is 537. The number of carboxylic acids is 1. The second-order valence-corrected chi connectivity index (χ2v) is 4.66. The minimum Gasteiger partial charge on any atom is -0.490 e. The van der Waals surface area contributed by atoms with Crippen LogP contribution in [-0.2, 0) is 6.42 Å². The molecule has 1 aromatic carbocycles. The summed E-state index contributed by atoms with van der Waals surface area (Å²) in [4.78, 5) is 11.8. The maximum atomic E-state index is 13.5. The Kier molecular flexibility index (Phi) is 3.94. The van der Waals surface area contributed by atoms with Crippen molar-refractivity contribution < 1.29 is 19.0 Å². The van der Waals surface area contributed by atoms with Gasteiger partial charge in [0.05, 0.1) is 12.2 Å². The highest BCUT2D eigenvalue weighted by atomic mass is 32.1. The van der Waals surface area contributed by atoms with Crippen molar-refractivity contribution in [2.45, 2.75) is 6.42 Å². The normalized spacial score (nSPS) is 10.3. The standard InChI is InChI=1S/C13H11FO3S/c14-11-8-9(13(15)16)3-4-12(11)17-6-5-10-2-1-7-18-10/h1-4,7-8H,5-6H2,(H,15,16). The number of carboxylic acid groups (broad SMARTS) is 1. The molecule has 0 aliphatic rings. The molecule has 0 radical (unpaired) electrons. The number of hydrogen-bond donors (Lipinski definition) is 1. The number of benzene rings is 1. The van der Waals surface area contributed by atoms with E-state index in [1.165, 1.54) is 12.1 Å². The summed E-state index contributed by atoms with van der Waals surface area (Å²) in [5.74, 6) is -1.73. The molecule has 0 atom stereocenters. The number of ether oxygens (including phenoxy) is 1. The molecule has 0 aliphatic heterocycles. The van der Waals surface area contributed by atoms with Gasteiger partial charge in [0.2, 0.25) is 0 Å². The third-order valence-electron chi connectivity index (χ3n) is 2.36. The van der Waals surface area contributed by atoms with Crippen molar-refractivity contribution in [1.82, 2.24) is 0 Å². The van der Waals surface area contributed by atoms with Crippen LogP contribution in [0, 0.1) is 5.82 Å². The van der Waals surface area contributed by atoms with Crippen LogP contribution < -0.4 is 4.74 Å². The van der Waals surface area contributed by atoms with E-state index in [4.69, 9.17) is 9.84 Å². The molecule has 3 nitrogen and oxygen atoms in total. The zero-order chi connectivity index (χ0) is 13.0. The van der Waals surface area contributed by atoms with Gasteiger partial charge in [0, 0.05) is 11.3 Å². The molecule has 0 aliphatic carbocycles. The van der Waals surface area contributed by atoms with E-state index in [2.05, 4.69) is 0 Å². The summed E-state index contributed by atoms with van der Waals surface area (Å²) in [6.07, 6.45) is 0.706. The van der Waals surface area contributed by atoms with Gasteiger partial charge in [-0.05, 0) is 29.6 Å². The van der Waals surface area contributed by atoms with E-state index in [1.54, 1.807) is 11.3 Å². The van der Waals surface area contributed by atoms with Gasteiger partial charge in [-0.15, -0.1) is 11.3 Å². The smallest absolute Gasteiger partial charge is 0.335 e. The minimum atomic E-state index is -1.15. The van der Waals surface area contributed by atoms with Crippen molar-refractivity contribution in [2.24, 2.45) is 0 Å². The quantitative estimate of drug-likeness (QED) is 0.904. The van der Waals surface area contributed by atoms with Crippen LogP contribution in [-0.4, -0.2) is 17.7 Å². The molecule has 0 saturated heterocycles. The minimum absolute atomic E-state index is 0.0801. The second kappa shape index (κ2) is 5.64. The Morgan fingerprint density at radius 3 is 2.83 bits per heavy atom. The Hall–Kier alpha value is -1.88. The molecule has 5 heteroatoms. The first-order valence-corrected chi connectivity index (χ1v) is 6.23. The lowest BCUT2D eigenvalue weighted by Crippen LogP contribution is -2.03. The lowest BCUT2D eigenvalue weighted by atomic mass is 10.2. The van der Waals surface area contributed by atoms with E-state index in [0.29, 0.717) is 13.0 Å². The van der Waals surface area contributed by atoms with E-state index < -0.39 is 11.8 Å². The van der Waals surface area contributed by atoms with E-state index in [-0.39, 0.29) is 11.3 Å². The summed E-state index contributed by atoms with van der Waals surface area (Å²) in [5, 5.41) is 10.7. The van der Waals surface area contributed by atoms with Gasteiger partial charge in [-0.2, -0.15) is 0 Å². The number of carbonyl (C=O) groups is 1. The van der Waals surface area contributed by atoms with Crippen LogP contribution >= 0.6 is 11.3 Å². The van der Waals surface area contributed by atoms with Crippen LogP contribution in [0.3, 0.4) is 0 Å². The first-order chi connectivity index (χ1) is 8.66. The van der Waals surface area contributed by atoms with Gasteiger partial charge in [0.25, 0.3) is 0 Å². The summed E-state index contributed by atoms with van der Waals surface area (Å²) in [6.45, 7) is 0.365. The summed E-state index contributed by atoms with van der Waals surface area (Å²) in [6, 6.07) is 7.56. The molecule has 1 heterocycles. The van der Waals surface area contributed by atoms with Gasteiger partial charge in [-0.25, -0.2) is 9.18 Å². The molecule has 0 saturated carbocycles. The molecule has 0 spiro atoms. The van der Waals surface area contributed by atoms with Crippen molar-refractivity contribution in [2.75, 3.05) is 6.61 Å². The predicted molar refractivity (Wildman–Crippen MR) is 66.9 cm³/mol. The van der Waals surface area contributed by atoms with E-state index >= 15 is 0 Å². The highest BCUT2D eigenvalue weighted by molar-refractivity contribution is 7.09. The third-order valence-corrected chi connectivity index (χ3v) is 3.30. The SMILES string of the molecule is O=C(O)c1ccc(OCCc2cccs2)c(F)c1. The molecule has 2 aromatic rings. The summed E-state index contributed by atoms with van der Waals surface area (Å²) >= 11 is 1.62. The fraction of sp³-hybridized carbons (Fsp3) is 0.154. The Labute approximate surface area is 107 Å². The largest absolute Gasteiger partial charge is 0.490 e. The van der Waals surface area contributed by atoms with Crippen molar-refractivity contribution >= 4 is 17.3 Å². The molecular formula is C13H11FO3S. The molecular weight excluding hydrogens is 255 g/mol. The van der Waals surface area contributed by atoms with Gasteiger partial charge in [0.1, 0.15) is 0 Å². The number of thiophene rings is 1. The zero-order valence-electron chi connectivity index (χ0n) is 9.43. The second-order valence-electron chi connectivity index (χ2n) is 3.63. The van der Waals surface area contributed by atoms with Gasteiger partial charge in [-0.3, -0.25) is 0 Å². The van der Waals surface area contributed by atoms with Crippen LogP contribution in [0.2, 0.25) is 0 Å². The molecule has 0 unspecified atom stereocenters. The van der Waals surface area contributed by atoms with E-state index in [9.17, 15) is 9.18 Å². The summed E-state index contributed by atoms with van der Waals surface area (Å²) in [7, 11) is 0. The number of halogens is 1. The number of rotatable bonds is 5. The fourth-order valence-electron chi connectivity index (χ4n) is 1.47. The van der Waals surface area contributed by atoms with Crippen LogP contribution in [0.25, 0.3) is 0 Å². The first kappa shape index (κ1) is 12.6. The highest BCUT2D eigenvalue weighted by Gasteiger charge is 2.09. The van der Waals surface area contributed by atoms with Crippen molar-refractivity contribution in [3.63, 3.8) is 0 Å². The molecule has 94 valence electrons. The van der Waals surface area contributed by atoms with Gasteiger partial charge in [-0.1, -0.05) is 6.07 Å². The number of aromatic carboxylic acids is 1. The Morgan fingerprint density at radius 1 is 1.39 bits per heavy atom. The third kappa shape index (κ3) is 3.07. The fourth-order valence-corrected chi connectivity index (χ4v) is 2.16. The van der Waals surface area contributed by atoms with Crippen LogP contribution in [0.5, 0.6) is 5.75 Å². The molecule has 1 N–H and O–H groups in total. The van der Waals surface area contributed by atoms with Crippen LogP contribution in [0.4, 0.5) is 4.39 Å². The van der Waals surface area contributed by atoms with Gasteiger partial charge >= 0.3 is 5.97 Å². The Morgan fingerprint density at radius 2 is 2.22 bits per heavy atom. The Balaban J connectivity index is 1.95. The van der Waals surface area contributed by atoms with Gasteiger partial charge < -0.3 is 9.84 Å². The molecule has 0 amide bonds. The van der Waals surface area contributed by atoms with Gasteiger partial charge in [0.15, 0.2) is 11.6 Å². The van der Waals surface area contributed by atoms with Crippen molar-refractivity contribution in [3.05, 3.63) is 52.0 Å². The average Bonchev–Trinajstić information content (AvgIpc) is 2.84. The maximum absolute atomic E-state index is 13.5. The van der Waals surface area contributed by atoms with Crippen molar-refractivity contribution in [1.29, 1.82) is 0 Å². The summed E-state index contributed by atoms with van der Waals surface area (Å²) < 4.78 is 18.8. The monoisotopic (exact) mass is 266 g/mol. The maximum Gasteiger partial charge on any atom is 0.335 e. The highest BCUT2D eigenvalue weighted by Crippen LogP contribution is 2.19. The predicted octanol–water partition coefficient (Wildman–Crippen LogP) is 3.21. The molecule has 1 aromatic heterocycles. The average molecular weight is 266 g/mol. The van der Waals surface area contributed by atoms with Crippen LogP contribution in [0.15, 0.2) is 35.7 Å². The summed E-state index contributed by atoms with van der Waals surface area (Å²) in [5.41, 5.74) is -0.0851. The number of hydrogen-bond acceptors (Lipinski definition) is 3. The molecule has 18 heavy (non-hydrogen) atoms. The van der Waals surface area contributed by atoms with E-state index in [1.807, 2.05) is 17.5 Å². The van der Waals surface area contributed by atoms with E-state index in [0.717, 1.165) is 10.9 Å². The lowest BCUT2D eigenvalue weighted by Gasteiger charge is -2.06. The topological polar surface area (TPSA) is 46.5 Å². The molecule has 0 bridgehead atoms.